The fourth-order valence-electron chi connectivity index (χ4n) is 3.57. The second-order valence-corrected chi connectivity index (χ2v) is 7.87. The van der Waals surface area contributed by atoms with Crippen LogP contribution in [0.2, 0.25) is 5.02 Å². The Bertz CT molecular complexity index is 928. The highest BCUT2D eigenvalue weighted by atomic mass is 35.5. The standard InChI is InChI=1S/C20H21ClN4O2/c1-3-18(26)25-10-20(4-5-20)27-11-19(25,2)14-6-13(7-15(21)8-14)16-9-17(22)24-12-23-16/h3,6-9,12H,1,4-5,10-11H2,2H3,(H2,22,23,24). The van der Waals surface area contributed by atoms with Crippen molar-refractivity contribution in [1.82, 2.24) is 14.9 Å². The molecule has 1 unspecified atom stereocenters. The van der Waals surface area contributed by atoms with Crippen LogP contribution in [0.25, 0.3) is 11.3 Å². The molecular formula is C20H21ClN4O2. The smallest absolute Gasteiger partial charge is 0.246 e. The van der Waals surface area contributed by atoms with Gasteiger partial charge >= 0.3 is 0 Å². The van der Waals surface area contributed by atoms with E-state index in [-0.39, 0.29) is 11.5 Å². The molecule has 140 valence electrons. The lowest BCUT2D eigenvalue weighted by Gasteiger charge is -2.48. The fourth-order valence-corrected chi connectivity index (χ4v) is 3.81. The van der Waals surface area contributed by atoms with Crippen LogP contribution in [-0.4, -0.2) is 39.5 Å². The summed E-state index contributed by atoms with van der Waals surface area (Å²) in [5.41, 5.74) is 7.31. The van der Waals surface area contributed by atoms with Gasteiger partial charge in [-0.2, -0.15) is 0 Å². The zero-order valence-corrected chi connectivity index (χ0v) is 15.9. The molecule has 7 heteroatoms. The van der Waals surface area contributed by atoms with E-state index in [0.29, 0.717) is 29.7 Å². The van der Waals surface area contributed by atoms with E-state index in [9.17, 15) is 4.79 Å². The number of carbonyl (C=O) groups excluding carboxylic acids is 1. The zero-order valence-electron chi connectivity index (χ0n) is 15.1. The number of nitrogens with zero attached hydrogens (tertiary/aromatic N) is 3. The minimum absolute atomic E-state index is 0.111. The fraction of sp³-hybridized carbons (Fsp3) is 0.350. The average molecular weight is 385 g/mol. The van der Waals surface area contributed by atoms with Gasteiger partial charge in [0.15, 0.2) is 0 Å². The Morgan fingerprint density at radius 2 is 2.11 bits per heavy atom. The van der Waals surface area contributed by atoms with Gasteiger partial charge in [0.1, 0.15) is 12.1 Å². The monoisotopic (exact) mass is 384 g/mol. The second-order valence-electron chi connectivity index (χ2n) is 7.43. The number of halogens is 1. The van der Waals surface area contributed by atoms with Crippen molar-refractivity contribution in [2.45, 2.75) is 30.9 Å². The zero-order chi connectivity index (χ0) is 19.2. The molecular weight excluding hydrogens is 364 g/mol. The molecule has 0 radical (unpaired) electrons. The van der Waals surface area contributed by atoms with Crippen molar-refractivity contribution in [2.24, 2.45) is 0 Å². The highest BCUT2D eigenvalue weighted by Gasteiger charge is 2.54. The van der Waals surface area contributed by atoms with Gasteiger partial charge in [-0.3, -0.25) is 4.79 Å². The maximum atomic E-state index is 12.6. The number of ether oxygens (including phenoxy) is 1. The third kappa shape index (κ3) is 3.19. The first-order chi connectivity index (χ1) is 12.8. The van der Waals surface area contributed by atoms with E-state index in [4.69, 9.17) is 22.1 Å². The van der Waals surface area contributed by atoms with Crippen LogP contribution in [-0.2, 0) is 15.1 Å². The molecule has 2 heterocycles. The number of amides is 1. The van der Waals surface area contributed by atoms with Crippen LogP contribution in [0.3, 0.4) is 0 Å². The minimum Gasteiger partial charge on any atom is -0.384 e. The summed E-state index contributed by atoms with van der Waals surface area (Å²) in [5, 5.41) is 0.554. The molecule has 1 aromatic carbocycles. The number of carbonyl (C=O) groups is 1. The topological polar surface area (TPSA) is 81.3 Å². The van der Waals surface area contributed by atoms with Crippen LogP contribution in [0.15, 0.2) is 43.2 Å². The molecule has 2 aromatic rings. The van der Waals surface area contributed by atoms with Crippen molar-refractivity contribution in [3.63, 3.8) is 0 Å². The van der Waals surface area contributed by atoms with E-state index in [1.807, 2.05) is 30.0 Å². The number of aromatic nitrogens is 2. The van der Waals surface area contributed by atoms with Crippen LogP contribution in [0, 0.1) is 0 Å². The summed E-state index contributed by atoms with van der Waals surface area (Å²) < 4.78 is 6.16. The van der Waals surface area contributed by atoms with Gasteiger partial charge < -0.3 is 15.4 Å². The Morgan fingerprint density at radius 3 is 2.78 bits per heavy atom. The van der Waals surface area contributed by atoms with Gasteiger partial charge in [0.2, 0.25) is 5.91 Å². The SMILES string of the molecule is C=CC(=O)N1CC2(CC2)OCC1(C)c1cc(Cl)cc(-c2cc(N)ncn2)c1. The number of hydrogen-bond donors (Lipinski definition) is 1. The molecule has 0 bridgehead atoms. The number of hydrogen-bond acceptors (Lipinski definition) is 5. The van der Waals surface area contributed by atoms with Gasteiger partial charge in [-0.15, -0.1) is 0 Å². The normalized spacial score (nSPS) is 23.3. The van der Waals surface area contributed by atoms with Crippen molar-refractivity contribution in [1.29, 1.82) is 0 Å². The number of anilines is 1. The predicted molar refractivity (Wildman–Crippen MR) is 104 cm³/mol. The lowest BCUT2D eigenvalue weighted by Crippen LogP contribution is -2.58. The quantitative estimate of drug-likeness (QED) is 0.822. The number of nitrogens with two attached hydrogens (primary N) is 1. The molecule has 1 saturated carbocycles. The first kappa shape index (κ1) is 17.9. The van der Waals surface area contributed by atoms with Crippen LogP contribution < -0.4 is 5.73 Å². The first-order valence-electron chi connectivity index (χ1n) is 8.82. The van der Waals surface area contributed by atoms with Crippen LogP contribution in [0.4, 0.5) is 5.82 Å². The third-order valence-corrected chi connectivity index (χ3v) is 5.67. The highest BCUT2D eigenvalue weighted by molar-refractivity contribution is 6.31. The van der Waals surface area contributed by atoms with E-state index in [1.165, 1.54) is 12.4 Å². The van der Waals surface area contributed by atoms with Gasteiger partial charge in [0.05, 0.1) is 30.0 Å². The third-order valence-electron chi connectivity index (χ3n) is 5.45. The van der Waals surface area contributed by atoms with E-state index < -0.39 is 5.54 Å². The van der Waals surface area contributed by atoms with Crippen LogP contribution >= 0.6 is 11.6 Å². The lowest BCUT2D eigenvalue weighted by atomic mass is 9.87. The summed E-state index contributed by atoms with van der Waals surface area (Å²) in [7, 11) is 0. The van der Waals surface area contributed by atoms with Crippen molar-refractivity contribution in [3.05, 3.63) is 53.8 Å². The minimum atomic E-state index is -0.655. The number of nitrogen functional groups attached to an aromatic ring is 1. The Balaban J connectivity index is 1.78. The molecule has 1 aliphatic carbocycles. The molecule has 1 aromatic heterocycles. The Morgan fingerprint density at radius 1 is 1.33 bits per heavy atom. The molecule has 2 fully saturated rings. The second kappa shape index (κ2) is 6.32. The van der Waals surface area contributed by atoms with Gasteiger partial charge in [-0.1, -0.05) is 18.2 Å². The van der Waals surface area contributed by atoms with Gasteiger partial charge in [-0.05, 0) is 49.6 Å². The molecule has 1 amide bonds. The molecule has 6 nitrogen and oxygen atoms in total. The Kier molecular flexibility index (Phi) is 4.20. The number of benzene rings is 1. The molecule has 1 atom stereocenters. The molecule has 27 heavy (non-hydrogen) atoms. The maximum absolute atomic E-state index is 12.6. The summed E-state index contributed by atoms with van der Waals surface area (Å²) in [6.07, 6.45) is 4.73. The maximum Gasteiger partial charge on any atom is 0.246 e. The van der Waals surface area contributed by atoms with Crippen LogP contribution in [0.1, 0.15) is 25.3 Å². The summed E-state index contributed by atoms with van der Waals surface area (Å²) in [6.45, 7) is 6.61. The summed E-state index contributed by atoms with van der Waals surface area (Å²) in [6, 6.07) is 7.36. The van der Waals surface area contributed by atoms with Crippen molar-refractivity contribution in [3.8, 4) is 11.3 Å². The summed E-state index contributed by atoms with van der Waals surface area (Å²) in [4.78, 5) is 22.7. The van der Waals surface area contributed by atoms with Crippen molar-refractivity contribution >= 4 is 23.3 Å². The molecule has 2 aliphatic rings. The Labute approximate surface area is 163 Å². The van der Waals surface area contributed by atoms with Gasteiger partial charge in [0, 0.05) is 16.7 Å². The highest BCUT2D eigenvalue weighted by Crippen LogP contribution is 2.48. The summed E-state index contributed by atoms with van der Waals surface area (Å²) in [5.74, 6) is 0.271. The van der Waals surface area contributed by atoms with Crippen LogP contribution in [0.5, 0.6) is 0 Å². The molecule has 4 rings (SSSR count). The van der Waals surface area contributed by atoms with E-state index in [1.54, 1.807) is 6.07 Å². The van der Waals surface area contributed by atoms with E-state index in [0.717, 1.165) is 24.0 Å². The molecule has 2 N–H and O–H groups in total. The van der Waals surface area contributed by atoms with Crippen molar-refractivity contribution in [2.75, 3.05) is 18.9 Å². The molecule has 1 saturated heterocycles. The lowest BCUT2D eigenvalue weighted by molar-refractivity contribution is -0.157. The Hall–Kier alpha value is -2.44. The van der Waals surface area contributed by atoms with Gasteiger partial charge in [0.25, 0.3) is 0 Å². The van der Waals surface area contributed by atoms with Crippen molar-refractivity contribution < 1.29 is 9.53 Å². The number of morpholine rings is 1. The summed E-state index contributed by atoms with van der Waals surface area (Å²) >= 11 is 6.41. The van der Waals surface area contributed by atoms with E-state index >= 15 is 0 Å². The molecule has 1 aliphatic heterocycles. The first-order valence-corrected chi connectivity index (χ1v) is 9.20. The van der Waals surface area contributed by atoms with Gasteiger partial charge in [-0.25, -0.2) is 9.97 Å². The predicted octanol–water partition coefficient (Wildman–Crippen LogP) is 3.17. The largest absolute Gasteiger partial charge is 0.384 e. The molecule has 1 spiro atoms. The van der Waals surface area contributed by atoms with E-state index in [2.05, 4.69) is 16.5 Å². The number of rotatable bonds is 3. The average Bonchev–Trinajstić information content (AvgIpc) is 3.42.